The van der Waals surface area contributed by atoms with Gasteiger partial charge in [-0.1, -0.05) is 71.2 Å². The molecule has 0 bridgehead atoms. The molecule has 276 valence electrons. The Hall–Kier alpha value is -6.52. The highest BCUT2D eigenvalue weighted by molar-refractivity contribution is 7.22. The second kappa shape index (κ2) is 17.8. The zero-order valence-electron chi connectivity index (χ0n) is 29.7. The van der Waals surface area contributed by atoms with Gasteiger partial charge in [-0.25, -0.2) is 29.5 Å². The second-order valence-electron chi connectivity index (χ2n) is 11.6. The van der Waals surface area contributed by atoms with E-state index in [1.165, 1.54) is 22.7 Å². The van der Waals surface area contributed by atoms with Gasteiger partial charge < -0.3 is 19.1 Å². The molecule has 0 atom stereocenters. The lowest BCUT2D eigenvalue weighted by Crippen LogP contribution is -2.33. The van der Waals surface area contributed by atoms with Crippen LogP contribution in [0.3, 0.4) is 0 Å². The molecule has 0 unspecified atom stereocenters. The number of benzene rings is 4. The first kappa shape index (κ1) is 37.2. The number of hydrogen-bond acceptors (Lipinski definition) is 12. The van der Waals surface area contributed by atoms with Gasteiger partial charge in [0.2, 0.25) is 11.9 Å². The van der Waals surface area contributed by atoms with Gasteiger partial charge in [0.1, 0.15) is 11.5 Å². The van der Waals surface area contributed by atoms with Crippen LogP contribution in [-0.2, 0) is 32.4 Å². The highest BCUT2D eigenvalue weighted by Crippen LogP contribution is 2.28. The van der Waals surface area contributed by atoms with Gasteiger partial charge in [-0.15, -0.1) is 0 Å². The van der Waals surface area contributed by atoms with E-state index in [1.54, 1.807) is 14.2 Å². The quantitative estimate of drug-likeness (QED) is 0.0497. The van der Waals surface area contributed by atoms with Crippen LogP contribution in [0.5, 0.6) is 11.5 Å². The number of anilines is 2. The Kier molecular flexibility index (Phi) is 12.3. The number of hydroxylamine groups is 2. The number of fused-ring (bicyclic) bond motifs is 2. The molecule has 54 heavy (non-hydrogen) atoms. The first-order valence-corrected chi connectivity index (χ1v) is 18.1. The van der Waals surface area contributed by atoms with Crippen LogP contribution in [0.2, 0.25) is 0 Å². The normalized spacial score (nSPS) is 11.8. The minimum Gasteiger partial charge on any atom is -0.496 e. The number of aliphatic imine (C=N–C) groups is 2. The van der Waals surface area contributed by atoms with Crippen molar-refractivity contribution in [2.24, 2.45) is 9.98 Å². The van der Waals surface area contributed by atoms with E-state index < -0.39 is 11.9 Å². The number of aromatic nitrogens is 2. The monoisotopic (exact) mass is 764 g/mol. The number of methoxy groups -OCH3 is 2. The van der Waals surface area contributed by atoms with E-state index in [2.05, 4.69) is 41.5 Å². The van der Waals surface area contributed by atoms with Crippen LogP contribution < -0.4 is 31.1 Å². The summed E-state index contributed by atoms with van der Waals surface area (Å²) in [5, 5.41) is 7.22. The lowest BCUT2D eigenvalue weighted by atomic mass is 10.2. The van der Waals surface area contributed by atoms with E-state index in [9.17, 15) is 9.59 Å². The number of rotatable bonds is 10. The summed E-state index contributed by atoms with van der Waals surface area (Å²) in [6.45, 7) is 4.40. The molecular formula is C38H36N8O6S2. The standard InChI is InChI=1S/C38H36N8O6S2/c1-23-13-15-27-31(19-23)53-37(41-27)43-35(39-21-25-9-5-7-11-29(25)49-3)45-51-33(47)17-18-34(48)52-46-36(40-22-26-10-6-8-12-30(26)50-4)44-38-42-28-16-14-24(2)20-32(28)54-38/h5-20H,21-22H2,1-4H3,(H2,39,41,43,45)(H2,40,42,44,46)/b18-17+. The Morgan fingerprint density at radius 3 is 1.50 bits per heavy atom. The van der Waals surface area contributed by atoms with Crippen molar-refractivity contribution >= 4 is 77.2 Å². The number of ether oxygens (including phenoxy) is 2. The summed E-state index contributed by atoms with van der Waals surface area (Å²) < 4.78 is 12.8. The van der Waals surface area contributed by atoms with Gasteiger partial charge in [-0.2, -0.15) is 11.0 Å². The number of guanidine groups is 2. The Morgan fingerprint density at radius 2 is 1.07 bits per heavy atom. The van der Waals surface area contributed by atoms with Crippen LogP contribution in [0.4, 0.5) is 10.3 Å². The molecule has 6 rings (SSSR count). The average molecular weight is 765 g/mol. The fraction of sp³-hybridized carbons (Fsp3) is 0.158. The van der Waals surface area contributed by atoms with Crippen LogP contribution >= 0.6 is 22.7 Å². The molecule has 16 heteroatoms. The molecule has 0 radical (unpaired) electrons. The summed E-state index contributed by atoms with van der Waals surface area (Å²) in [6.07, 6.45) is 1.81. The summed E-state index contributed by atoms with van der Waals surface area (Å²) in [5.74, 6) is -0.273. The predicted octanol–water partition coefficient (Wildman–Crippen LogP) is 6.83. The van der Waals surface area contributed by atoms with Crippen molar-refractivity contribution in [3.63, 3.8) is 0 Å². The maximum atomic E-state index is 12.7. The molecular weight excluding hydrogens is 729 g/mol. The molecule has 2 aromatic heterocycles. The smallest absolute Gasteiger partial charge is 0.356 e. The number of nitrogens with one attached hydrogen (secondary N) is 4. The SMILES string of the molecule is COc1ccccc1CN=C(NOC(=O)/C=C/C(=O)ONC(=NCc1ccccc1OC)Nc1nc2ccc(C)cc2s1)Nc1nc2ccc(C)cc2s1. The van der Waals surface area contributed by atoms with Crippen molar-refractivity contribution < 1.29 is 28.7 Å². The van der Waals surface area contributed by atoms with E-state index in [1.807, 2.05) is 98.8 Å². The number of nitrogens with zero attached hydrogens (tertiary/aromatic N) is 4. The molecule has 0 saturated carbocycles. The molecule has 0 spiro atoms. The zero-order valence-corrected chi connectivity index (χ0v) is 31.3. The van der Waals surface area contributed by atoms with Crippen molar-refractivity contribution in [1.82, 2.24) is 20.9 Å². The zero-order chi connectivity index (χ0) is 37.9. The van der Waals surface area contributed by atoms with Gasteiger partial charge in [-0.3, -0.25) is 10.6 Å². The van der Waals surface area contributed by atoms with Crippen molar-refractivity contribution in [3.05, 3.63) is 119 Å². The molecule has 0 amide bonds. The summed E-state index contributed by atoms with van der Waals surface area (Å²) in [4.78, 5) is 54.1. The maximum Gasteiger partial charge on any atom is 0.356 e. The lowest BCUT2D eigenvalue weighted by Gasteiger charge is -2.11. The van der Waals surface area contributed by atoms with E-state index >= 15 is 0 Å². The Labute approximate surface area is 318 Å². The summed E-state index contributed by atoms with van der Waals surface area (Å²) in [7, 11) is 3.15. The van der Waals surface area contributed by atoms with Gasteiger partial charge in [0.05, 0.1) is 47.7 Å². The second-order valence-corrected chi connectivity index (χ2v) is 13.6. The molecule has 0 aliphatic heterocycles. The Bertz CT molecular complexity index is 2210. The van der Waals surface area contributed by atoms with Crippen molar-refractivity contribution in [3.8, 4) is 11.5 Å². The molecule has 4 N–H and O–H groups in total. The summed E-state index contributed by atoms with van der Waals surface area (Å²) in [5.41, 5.74) is 10.5. The topological polar surface area (TPSA) is 170 Å². The molecule has 2 heterocycles. The highest BCUT2D eigenvalue weighted by Gasteiger charge is 2.13. The largest absolute Gasteiger partial charge is 0.496 e. The first-order valence-electron chi connectivity index (χ1n) is 16.5. The number of thiazole rings is 2. The lowest BCUT2D eigenvalue weighted by molar-refractivity contribution is -0.144. The number of carbonyl (C=O) groups is 2. The first-order chi connectivity index (χ1) is 26.3. The fourth-order valence-corrected chi connectivity index (χ4v) is 6.89. The number of carbonyl (C=O) groups excluding carboxylic acids is 2. The van der Waals surface area contributed by atoms with Crippen molar-refractivity contribution in [2.75, 3.05) is 24.9 Å². The van der Waals surface area contributed by atoms with Crippen LogP contribution in [0, 0.1) is 13.8 Å². The minimum absolute atomic E-state index is 0.106. The Morgan fingerprint density at radius 1 is 0.648 bits per heavy atom. The number of hydrogen-bond donors (Lipinski definition) is 4. The van der Waals surface area contributed by atoms with E-state index in [4.69, 9.17) is 19.1 Å². The maximum absolute atomic E-state index is 12.7. The number of aryl methyl sites for hydroxylation is 2. The van der Waals surface area contributed by atoms with Gasteiger partial charge in [-0.05, 0) is 61.4 Å². The van der Waals surface area contributed by atoms with Crippen molar-refractivity contribution in [1.29, 1.82) is 0 Å². The van der Waals surface area contributed by atoms with Gasteiger partial charge in [0, 0.05) is 23.3 Å². The van der Waals surface area contributed by atoms with Gasteiger partial charge >= 0.3 is 11.9 Å². The molecule has 6 aromatic rings. The van der Waals surface area contributed by atoms with Crippen LogP contribution in [0.15, 0.2) is 107 Å². The third-order valence-electron chi connectivity index (χ3n) is 7.59. The summed E-state index contributed by atoms with van der Waals surface area (Å²) >= 11 is 2.83. The third kappa shape index (κ3) is 10.1. The number of para-hydroxylation sites is 2. The molecule has 0 aliphatic rings. The van der Waals surface area contributed by atoms with E-state index in [0.29, 0.717) is 21.8 Å². The highest BCUT2D eigenvalue weighted by atomic mass is 32.1. The van der Waals surface area contributed by atoms with Gasteiger partial charge in [0.15, 0.2) is 10.3 Å². The minimum atomic E-state index is -0.897. The van der Waals surface area contributed by atoms with Crippen LogP contribution in [0.25, 0.3) is 20.4 Å². The van der Waals surface area contributed by atoms with Crippen molar-refractivity contribution in [2.45, 2.75) is 26.9 Å². The van der Waals surface area contributed by atoms with Crippen LogP contribution in [0.1, 0.15) is 22.3 Å². The molecule has 4 aromatic carbocycles. The molecule has 0 saturated heterocycles. The van der Waals surface area contributed by atoms with Crippen LogP contribution in [-0.4, -0.2) is 48.0 Å². The van der Waals surface area contributed by atoms with E-state index in [-0.39, 0.29) is 25.0 Å². The van der Waals surface area contributed by atoms with Gasteiger partial charge in [0.25, 0.3) is 0 Å². The fourth-order valence-electron chi connectivity index (χ4n) is 4.96. The average Bonchev–Trinajstić information content (AvgIpc) is 3.78. The predicted molar refractivity (Wildman–Crippen MR) is 212 cm³/mol. The Balaban J connectivity index is 1.10. The molecule has 0 aliphatic carbocycles. The third-order valence-corrected chi connectivity index (χ3v) is 9.46. The molecule has 0 fully saturated rings. The molecule has 14 nitrogen and oxygen atoms in total. The van der Waals surface area contributed by atoms with E-state index in [0.717, 1.165) is 54.8 Å². The summed E-state index contributed by atoms with van der Waals surface area (Å²) in [6, 6.07) is 26.7.